The van der Waals surface area contributed by atoms with E-state index in [4.69, 9.17) is 5.73 Å². The number of thiazole rings is 1. The second-order valence-electron chi connectivity index (χ2n) is 5.08. The van der Waals surface area contributed by atoms with Gasteiger partial charge in [-0.15, -0.1) is 11.3 Å². The van der Waals surface area contributed by atoms with E-state index in [1.165, 1.54) is 5.69 Å². The van der Waals surface area contributed by atoms with E-state index in [-0.39, 0.29) is 6.04 Å². The first-order valence-electron chi connectivity index (χ1n) is 5.99. The topological polar surface area (TPSA) is 42.1 Å². The predicted molar refractivity (Wildman–Crippen MR) is 68.6 cm³/mol. The van der Waals surface area contributed by atoms with Crippen molar-refractivity contribution in [3.8, 4) is 0 Å². The minimum absolute atomic E-state index is 0.250. The van der Waals surface area contributed by atoms with Crippen LogP contribution in [0.1, 0.15) is 37.0 Å². The van der Waals surface area contributed by atoms with Gasteiger partial charge in [0.2, 0.25) is 0 Å². The molecule has 2 rings (SSSR count). The Morgan fingerprint density at radius 1 is 1.62 bits per heavy atom. The third-order valence-corrected chi connectivity index (χ3v) is 3.88. The molecule has 1 saturated heterocycles. The van der Waals surface area contributed by atoms with Crippen LogP contribution in [0.5, 0.6) is 0 Å². The average Bonchev–Trinajstić information content (AvgIpc) is 2.73. The highest BCUT2D eigenvalue weighted by Crippen LogP contribution is 2.32. The zero-order valence-electron chi connectivity index (χ0n) is 10.3. The lowest BCUT2D eigenvalue weighted by Gasteiger charge is -2.26. The van der Waals surface area contributed by atoms with Crippen molar-refractivity contribution in [2.45, 2.75) is 39.3 Å². The average molecular weight is 239 g/mol. The summed E-state index contributed by atoms with van der Waals surface area (Å²) < 4.78 is 0. The van der Waals surface area contributed by atoms with Crippen molar-refractivity contribution >= 4 is 11.3 Å². The van der Waals surface area contributed by atoms with E-state index in [9.17, 15) is 0 Å². The molecule has 1 aliphatic heterocycles. The van der Waals surface area contributed by atoms with Crippen LogP contribution in [0.15, 0.2) is 5.38 Å². The highest BCUT2D eigenvalue weighted by Gasteiger charge is 2.34. The Bertz CT molecular complexity index is 348. The quantitative estimate of drug-likeness (QED) is 0.879. The Morgan fingerprint density at radius 3 is 2.94 bits per heavy atom. The zero-order chi connectivity index (χ0) is 11.7. The summed E-state index contributed by atoms with van der Waals surface area (Å²) in [7, 11) is 0. The second-order valence-corrected chi connectivity index (χ2v) is 6.14. The van der Waals surface area contributed by atoms with Crippen LogP contribution in [0.25, 0.3) is 0 Å². The Morgan fingerprint density at radius 2 is 2.38 bits per heavy atom. The number of rotatable bonds is 3. The highest BCUT2D eigenvalue weighted by atomic mass is 32.1. The summed E-state index contributed by atoms with van der Waals surface area (Å²) in [5.41, 5.74) is 7.38. The zero-order valence-corrected chi connectivity index (χ0v) is 11.1. The number of aromatic nitrogens is 1. The monoisotopic (exact) mass is 239 g/mol. The first kappa shape index (κ1) is 12.0. The second kappa shape index (κ2) is 4.82. The molecule has 0 bridgehead atoms. The van der Waals surface area contributed by atoms with Crippen molar-refractivity contribution in [2.75, 3.05) is 13.1 Å². The molecule has 4 heteroatoms. The molecule has 2 unspecified atom stereocenters. The van der Waals surface area contributed by atoms with Gasteiger partial charge in [-0.3, -0.25) is 4.90 Å². The van der Waals surface area contributed by atoms with E-state index in [1.807, 2.05) is 0 Å². The van der Waals surface area contributed by atoms with Crippen LogP contribution in [-0.4, -0.2) is 29.0 Å². The lowest BCUT2D eigenvalue weighted by molar-refractivity contribution is 0.218. The van der Waals surface area contributed by atoms with Crippen molar-refractivity contribution in [3.05, 3.63) is 16.1 Å². The summed E-state index contributed by atoms with van der Waals surface area (Å²) in [4.78, 5) is 7.09. The number of aryl methyl sites for hydroxylation is 1. The SMILES string of the molecule is Cc1nc(C2C(N)CCN2CC(C)C)cs1. The molecule has 0 radical (unpaired) electrons. The minimum Gasteiger partial charge on any atom is -0.326 e. The molecule has 0 aromatic carbocycles. The summed E-state index contributed by atoms with van der Waals surface area (Å²) in [5.74, 6) is 0.688. The maximum absolute atomic E-state index is 6.21. The van der Waals surface area contributed by atoms with Gasteiger partial charge in [0.1, 0.15) is 0 Å². The predicted octanol–water partition coefficient (Wildman–Crippen LogP) is 2.18. The van der Waals surface area contributed by atoms with Gasteiger partial charge in [-0.25, -0.2) is 4.98 Å². The fourth-order valence-corrected chi connectivity index (χ4v) is 3.12. The molecule has 2 heterocycles. The molecule has 2 N–H and O–H groups in total. The van der Waals surface area contributed by atoms with Gasteiger partial charge < -0.3 is 5.73 Å². The van der Waals surface area contributed by atoms with Gasteiger partial charge in [0.15, 0.2) is 0 Å². The number of hydrogen-bond acceptors (Lipinski definition) is 4. The van der Waals surface area contributed by atoms with E-state index in [1.54, 1.807) is 11.3 Å². The molecule has 16 heavy (non-hydrogen) atoms. The maximum atomic E-state index is 6.21. The summed E-state index contributed by atoms with van der Waals surface area (Å²) in [6, 6.07) is 0.590. The number of likely N-dealkylation sites (tertiary alicyclic amines) is 1. The van der Waals surface area contributed by atoms with Gasteiger partial charge in [0.05, 0.1) is 16.7 Å². The molecule has 1 aromatic rings. The molecule has 0 saturated carbocycles. The molecule has 1 fully saturated rings. The summed E-state index contributed by atoms with van der Waals surface area (Å²) in [6.07, 6.45) is 1.09. The molecule has 0 aliphatic carbocycles. The van der Waals surface area contributed by atoms with Crippen LogP contribution in [0.2, 0.25) is 0 Å². The van der Waals surface area contributed by atoms with Gasteiger partial charge in [-0.2, -0.15) is 0 Å². The maximum Gasteiger partial charge on any atom is 0.0898 e. The van der Waals surface area contributed by atoms with Gasteiger partial charge in [0, 0.05) is 24.5 Å². The van der Waals surface area contributed by atoms with E-state index in [2.05, 4.69) is 36.0 Å². The molecular weight excluding hydrogens is 218 g/mol. The molecule has 1 aromatic heterocycles. The molecule has 1 aliphatic rings. The summed E-state index contributed by atoms with van der Waals surface area (Å²) >= 11 is 1.72. The van der Waals surface area contributed by atoms with E-state index >= 15 is 0 Å². The van der Waals surface area contributed by atoms with Gasteiger partial charge in [0.25, 0.3) is 0 Å². The van der Waals surface area contributed by atoms with Gasteiger partial charge in [-0.05, 0) is 19.3 Å². The normalized spacial score (nSPS) is 26.8. The minimum atomic E-state index is 0.250. The van der Waals surface area contributed by atoms with Crippen LogP contribution in [0.3, 0.4) is 0 Å². The van der Waals surface area contributed by atoms with Crippen LogP contribution >= 0.6 is 11.3 Å². The first-order chi connectivity index (χ1) is 7.58. The van der Waals surface area contributed by atoms with Crippen molar-refractivity contribution in [3.63, 3.8) is 0 Å². The number of nitrogens with two attached hydrogens (primary N) is 1. The molecule has 0 spiro atoms. The molecule has 90 valence electrons. The first-order valence-corrected chi connectivity index (χ1v) is 6.87. The number of hydrogen-bond donors (Lipinski definition) is 1. The summed E-state index contributed by atoms with van der Waals surface area (Å²) in [6.45, 7) is 8.80. The van der Waals surface area contributed by atoms with Crippen LogP contribution < -0.4 is 5.73 Å². The van der Waals surface area contributed by atoms with Crippen molar-refractivity contribution in [2.24, 2.45) is 11.7 Å². The Balaban J connectivity index is 2.15. The highest BCUT2D eigenvalue weighted by molar-refractivity contribution is 7.09. The van der Waals surface area contributed by atoms with Crippen LogP contribution in [0, 0.1) is 12.8 Å². The lowest BCUT2D eigenvalue weighted by Crippen LogP contribution is -2.34. The lowest BCUT2D eigenvalue weighted by atomic mass is 10.1. The fraction of sp³-hybridized carbons (Fsp3) is 0.750. The molecule has 3 nitrogen and oxygen atoms in total. The van der Waals surface area contributed by atoms with Crippen molar-refractivity contribution in [1.82, 2.24) is 9.88 Å². The van der Waals surface area contributed by atoms with Crippen LogP contribution in [0.4, 0.5) is 0 Å². The van der Waals surface area contributed by atoms with Gasteiger partial charge >= 0.3 is 0 Å². The van der Waals surface area contributed by atoms with Crippen molar-refractivity contribution < 1.29 is 0 Å². The largest absolute Gasteiger partial charge is 0.326 e. The molecule has 2 atom stereocenters. The van der Waals surface area contributed by atoms with E-state index in [0.29, 0.717) is 12.0 Å². The van der Waals surface area contributed by atoms with E-state index < -0.39 is 0 Å². The smallest absolute Gasteiger partial charge is 0.0898 e. The Hall–Kier alpha value is -0.450. The Labute approximate surface area is 102 Å². The third kappa shape index (κ3) is 2.44. The van der Waals surface area contributed by atoms with E-state index in [0.717, 1.165) is 24.5 Å². The molecular formula is C12H21N3S. The number of nitrogens with zero attached hydrogens (tertiary/aromatic N) is 2. The summed E-state index contributed by atoms with van der Waals surface area (Å²) in [5, 5.41) is 3.30. The standard InChI is InChI=1S/C12H21N3S/c1-8(2)6-15-5-4-10(13)12(15)11-7-16-9(3)14-11/h7-8,10,12H,4-6,13H2,1-3H3. The molecule has 0 amide bonds. The third-order valence-electron chi connectivity index (χ3n) is 3.09. The fourth-order valence-electron chi connectivity index (χ4n) is 2.48. The van der Waals surface area contributed by atoms with Crippen molar-refractivity contribution in [1.29, 1.82) is 0 Å². The van der Waals surface area contributed by atoms with Crippen LogP contribution in [-0.2, 0) is 0 Å². The van der Waals surface area contributed by atoms with Gasteiger partial charge in [-0.1, -0.05) is 13.8 Å². The Kier molecular flexibility index (Phi) is 3.62.